The summed E-state index contributed by atoms with van der Waals surface area (Å²) >= 11 is 0. The highest BCUT2D eigenvalue weighted by molar-refractivity contribution is 5.81. The monoisotopic (exact) mass is 303 g/mol. The van der Waals surface area contributed by atoms with Crippen molar-refractivity contribution in [1.29, 1.82) is 0 Å². The van der Waals surface area contributed by atoms with Crippen LogP contribution < -0.4 is 0 Å². The number of fused-ring (bicyclic) bond motifs is 1. The molecule has 1 N–H and O–H groups in total. The van der Waals surface area contributed by atoms with Crippen molar-refractivity contribution in [3.8, 4) is 0 Å². The zero-order valence-electron chi connectivity index (χ0n) is 13.5. The molecular weight excluding hydrogens is 278 g/mol. The van der Waals surface area contributed by atoms with Crippen LogP contribution in [0.25, 0.3) is 11.0 Å². The summed E-state index contributed by atoms with van der Waals surface area (Å²) in [6, 6.07) is 7.86. The van der Waals surface area contributed by atoms with Gasteiger partial charge >= 0.3 is 0 Å². The van der Waals surface area contributed by atoms with Crippen LogP contribution in [0.2, 0.25) is 0 Å². The van der Waals surface area contributed by atoms with Crippen LogP contribution in [0.3, 0.4) is 0 Å². The largest absolute Gasteiger partial charge is 0.396 e. The number of imidazole rings is 1. The number of hydrogen-bond donors (Lipinski definition) is 1. The molecule has 2 aromatic rings. The average molecular weight is 303 g/mol. The molecule has 1 amide bonds. The Labute approximate surface area is 131 Å². The summed E-state index contributed by atoms with van der Waals surface area (Å²) in [6.07, 6.45) is 3.43. The van der Waals surface area contributed by atoms with Crippen LogP contribution in [0.4, 0.5) is 0 Å². The smallest absolute Gasteiger partial charge is 0.242 e. The molecule has 120 valence electrons. The summed E-state index contributed by atoms with van der Waals surface area (Å²) in [5.41, 5.74) is 1.88. The molecule has 0 fully saturated rings. The molecule has 0 radical (unpaired) electrons. The van der Waals surface area contributed by atoms with Gasteiger partial charge in [0, 0.05) is 26.6 Å². The molecule has 0 bridgehead atoms. The normalized spacial score (nSPS) is 11.0. The summed E-state index contributed by atoms with van der Waals surface area (Å²) in [6.45, 7) is 3.34. The first-order valence-corrected chi connectivity index (χ1v) is 7.96. The molecule has 0 spiro atoms. The van der Waals surface area contributed by atoms with Crippen molar-refractivity contribution >= 4 is 16.9 Å². The molecule has 1 aromatic carbocycles. The minimum absolute atomic E-state index is 0.0989. The molecule has 5 nitrogen and oxygen atoms in total. The summed E-state index contributed by atoms with van der Waals surface area (Å²) in [5.74, 6) is 0.967. The van der Waals surface area contributed by atoms with E-state index in [-0.39, 0.29) is 12.5 Å². The lowest BCUT2D eigenvalue weighted by Gasteiger charge is -2.18. The van der Waals surface area contributed by atoms with Gasteiger partial charge in [0.15, 0.2) is 0 Å². The molecular formula is C17H25N3O2. The Balaban J connectivity index is 2.22. The van der Waals surface area contributed by atoms with Gasteiger partial charge in [-0.15, -0.1) is 0 Å². The lowest BCUT2D eigenvalue weighted by atomic mass is 10.3. The molecule has 0 unspecified atom stereocenters. The van der Waals surface area contributed by atoms with Gasteiger partial charge in [0.2, 0.25) is 5.91 Å². The Morgan fingerprint density at radius 1 is 1.32 bits per heavy atom. The number of aliphatic hydroxyl groups is 1. The van der Waals surface area contributed by atoms with Crippen LogP contribution in [0.1, 0.15) is 32.0 Å². The third kappa shape index (κ3) is 3.85. The van der Waals surface area contributed by atoms with E-state index in [0.29, 0.717) is 19.4 Å². The number of carbonyl (C=O) groups excluding carboxylic acids is 1. The van der Waals surface area contributed by atoms with Gasteiger partial charge in [0.1, 0.15) is 12.4 Å². The maximum absolute atomic E-state index is 12.4. The van der Waals surface area contributed by atoms with Gasteiger partial charge < -0.3 is 14.6 Å². The number of aromatic nitrogens is 2. The number of aryl methyl sites for hydroxylation is 1. The number of nitrogens with zero attached hydrogens (tertiary/aromatic N) is 3. The Kier molecular flexibility index (Phi) is 5.95. The minimum atomic E-state index is 0.0989. The van der Waals surface area contributed by atoms with Gasteiger partial charge in [-0.1, -0.05) is 25.5 Å². The maximum atomic E-state index is 12.4. The fourth-order valence-corrected chi connectivity index (χ4v) is 2.51. The number of benzene rings is 1. The second-order valence-corrected chi connectivity index (χ2v) is 5.60. The second-order valence-electron chi connectivity index (χ2n) is 5.60. The number of aliphatic hydroxyl groups excluding tert-OH is 1. The Hall–Kier alpha value is -1.88. The number of para-hydroxylation sites is 2. The quantitative estimate of drug-likeness (QED) is 0.813. The standard InChI is InChI=1S/C17H25N3O2/c1-3-4-11-19(2)17(22)13-20-15-9-6-5-8-14(15)18-16(20)10-7-12-21/h5-6,8-9,21H,3-4,7,10-13H2,1-2H3. The van der Waals surface area contributed by atoms with Gasteiger partial charge in [-0.25, -0.2) is 4.98 Å². The first kappa shape index (κ1) is 16.5. The number of likely N-dealkylation sites (N-methyl/N-ethyl adjacent to an activating group) is 1. The van der Waals surface area contributed by atoms with Gasteiger partial charge in [0.05, 0.1) is 11.0 Å². The lowest BCUT2D eigenvalue weighted by molar-refractivity contribution is -0.130. The molecule has 2 rings (SSSR count). The first-order valence-electron chi connectivity index (χ1n) is 7.96. The van der Waals surface area contributed by atoms with Crippen LogP contribution in [0.5, 0.6) is 0 Å². The van der Waals surface area contributed by atoms with E-state index in [9.17, 15) is 4.79 Å². The number of rotatable bonds is 8. The number of hydrogen-bond acceptors (Lipinski definition) is 3. The van der Waals surface area contributed by atoms with Crippen LogP contribution in [0.15, 0.2) is 24.3 Å². The number of carbonyl (C=O) groups is 1. The van der Waals surface area contributed by atoms with Gasteiger partial charge in [-0.2, -0.15) is 0 Å². The third-order valence-electron chi connectivity index (χ3n) is 3.86. The van der Waals surface area contributed by atoms with Gasteiger partial charge in [0.25, 0.3) is 0 Å². The first-order chi connectivity index (χ1) is 10.7. The molecule has 0 aliphatic carbocycles. The predicted molar refractivity (Wildman–Crippen MR) is 87.7 cm³/mol. The molecule has 0 aliphatic heterocycles. The predicted octanol–water partition coefficient (Wildman–Crippen LogP) is 2.22. The summed E-state index contributed by atoms with van der Waals surface area (Å²) in [7, 11) is 1.85. The van der Waals surface area contributed by atoms with E-state index in [2.05, 4.69) is 11.9 Å². The van der Waals surface area contributed by atoms with Gasteiger partial charge in [-0.05, 0) is 25.0 Å². The molecule has 1 aromatic heterocycles. The summed E-state index contributed by atoms with van der Waals surface area (Å²) in [5, 5.41) is 9.05. The van der Waals surface area contributed by atoms with Crippen molar-refractivity contribution in [2.24, 2.45) is 0 Å². The zero-order valence-corrected chi connectivity index (χ0v) is 13.5. The summed E-state index contributed by atoms with van der Waals surface area (Å²) in [4.78, 5) is 18.8. The SMILES string of the molecule is CCCCN(C)C(=O)Cn1c(CCCO)nc2ccccc21. The van der Waals surface area contributed by atoms with E-state index in [1.807, 2.05) is 35.9 Å². The Morgan fingerprint density at radius 2 is 2.09 bits per heavy atom. The molecule has 1 heterocycles. The van der Waals surface area contributed by atoms with E-state index in [1.54, 1.807) is 4.90 Å². The van der Waals surface area contributed by atoms with Crippen molar-refractivity contribution in [3.05, 3.63) is 30.1 Å². The van der Waals surface area contributed by atoms with Crippen molar-refractivity contribution in [2.75, 3.05) is 20.2 Å². The molecule has 5 heteroatoms. The van der Waals surface area contributed by atoms with E-state index in [4.69, 9.17) is 5.11 Å². The van der Waals surface area contributed by atoms with Crippen molar-refractivity contribution in [1.82, 2.24) is 14.5 Å². The Bertz CT molecular complexity index is 621. The highest BCUT2D eigenvalue weighted by atomic mass is 16.3. The van der Waals surface area contributed by atoms with Crippen LogP contribution in [-0.2, 0) is 17.8 Å². The lowest BCUT2D eigenvalue weighted by Crippen LogP contribution is -2.31. The minimum Gasteiger partial charge on any atom is -0.396 e. The average Bonchev–Trinajstić information content (AvgIpc) is 2.88. The zero-order chi connectivity index (χ0) is 15.9. The molecule has 0 saturated heterocycles. The van der Waals surface area contributed by atoms with E-state index in [1.165, 1.54) is 0 Å². The molecule has 0 atom stereocenters. The fraction of sp³-hybridized carbons (Fsp3) is 0.529. The van der Waals surface area contributed by atoms with Crippen LogP contribution in [-0.4, -0.2) is 45.7 Å². The number of amides is 1. The highest BCUT2D eigenvalue weighted by Gasteiger charge is 2.15. The molecule has 0 aliphatic rings. The van der Waals surface area contributed by atoms with Gasteiger partial charge in [-0.3, -0.25) is 4.79 Å². The highest BCUT2D eigenvalue weighted by Crippen LogP contribution is 2.17. The molecule has 0 saturated carbocycles. The molecule has 22 heavy (non-hydrogen) atoms. The van der Waals surface area contributed by atoms with Crippen LogP contribution >= 0.6 is 0 Å². The van der Waals surface area contributed by atoms with Crippen LogP contribution in [0, 0.1) is 0 Å². The summed E-state index contributed by atoms with van der Waals surface area (Å²) < 4.78 is 1.98. The fourth-order valence-electron chi connectivity index (χ4n) is 2.51. The third-order valence-corrected chi connectivity index (χ3v) is 3.86. The van der Waals surface area contributed by atoms with Crippen molar-refractivity contribution < 1.29 is 9.90 Å². The Morgan fingerprint density at radius 3 is 2.82 bits per heavy atom. The van der Waals surface area contributed by atoms with Crippen molar-refractivity contribution in [2.45, 2.75) is 39.2 Å². The number of unbranched alkanes of at least 4 members (excludes halogenated alkanes) is 1. The van der Waals surface area contributed by atoms with E-state index >= 15 is 0 Å². The maximum Gasteiger partial charge on any atom is 0.242 e. The second kappa shape index (κ2) is 7.94. The van der Waals surface area contributed by atoms with E-state index < -0.39 is 0 Å². The topological polar surface area (TPSA) is 58.4 Å². The van der Waals surface area contributed by atoms with Crippen molar-refractivity contribution in [3.63, 3.8) is 0 Å². The van der Waals surface area contributed by atoms with E-state index in [0.717, 1.165) is 36.2 Å².